The highest BCUT2D eigenvalue weighted by Crippen LogP contribution is 2.32. The molecule has 0 amide bonds. The van der Waals surface area contributed by atoms with Crippen molar-refractivity contribution in [3.05, 3.63) is 58.7 Å². The van der Waals surface area contributed by atoms with Crippen molar-refractivity contribution >= 4 is 17.4 Å². The first kappa shape index (κ1) is 13.7. The highest BCUT2D eigenvalue weighted by atomic mass is 35.5. The molecular formula is C13H10ClF3N2. The average Bonchev–Trinajstić information content (AvgIpc) is 2.37. The van der Waals surface area contributed by atoms with Crippen LogP contribution in [-0.2, 0) is 12.7 Å². The van der Waals surface area contributed by atoms with Crippen molar-refractivity contribution < 1.29 is 13.2 Å². The van der Waals surface area contributed by atoms with Gasteiger partial charge in [-0.1, -0.05) is 41.9 Å². The summed E-state index contributed by atoms with van der Waals surface area (Å²) < 4.78 is 37.3. The second-order valence-electron chi connectivity index (χ2n) is 3.89. The molecule has 2 nitrogen and oxygen atoms in total. The lowest BCUT2D eigenvalue weighted by atomic mass is 10.2. The molecule has 1 N–H and O–H groups in total. The van der Waals surface area contributed by atoms with Crippen molar-refractivity contribution in [1.29, 1.82) is 0 Å². The Morgan fingerprint density at radius 1 is 1.16 bits per heavy atom. The van der Waals surface area contributed by atoms with Crippen LogP contribution >= 0.6 is 11.6 Å². The smallest absolute Gasteiger partial charge is 0.365 e. The average molecular weight is 287 g/mol. The first-order chi connectivity index (χ1) is 8.97. The summed E-state index contributed by atoms with van der Waals surface area (Å²) in [5, 5.41) is 2.85. The monoisotopic (exact) mass is 286 g/mol. The number of nitrogens with zero attached hydrogens (tertiary/aromatic N) is 1. The molecule has 0 spiro atoms. The summed E-state index contributed by atoms with van der Waals surface area (Å²) in [6.45, 7) is 0.443. The zero-order chi connectivity index (χ0) is 13.9. The van der Waals surface area contributed by atoms with Gasteiger partial charge < -0.3 is 5.32 Å². The molecule has 0 radical (unpaired) electrons. The third kappa shape index (κ3) is 3.61. The highest BCUT2D eigenvalue weighted by molar-refractivity contribution is 6.32. The number of hydrogen-bond acceptors (Lipinski definition) is 2. The van der Waals surface area contributed by atoms with Crippen molar-refractivity contribution in [1.82, 2.24) is 4.98 Å². The largest absolute Gasteiger partial charge is 0.417 e. The predicted molar refractivity (Wildman–Crippen MR) is 68.0 cm³/mol. The number of hydrogen-bond donors (Lipinski definition) is 1. The van der Waals surface area contributed by atoms with Crippen molar-refractivity contribution in [2.45, 2.75) is 12.7 Å². The molecule has 19 heavy (non-hydrogen) atoms. The Hall–Kier alpha value is -1.75. The Kier molecular flexibility index (Phi) is 3.95. The van der Waals surface area contributed by atoms with Gasteiger partial charge in [0.2, 0.25) is 0 Å². The van der Waals surface area contributed by atoms with E-state index in [0.717, 1.165) is 17.8 Å². The van der Waals surface area contributed by atoms with Gasteiger partial charge in [0, 0.05) is 12.7 Å². The summed E-state index contributed by atoms with van der Waals surface area (Å²) in [6, 6.07) is 10.3. The Balaban J connectivity index is 2.10. The van der Waals surface area contributed by atoms with Gasteiger partial charge in [-0.3, -0.25) is 0 Å². The fourth-order valence-electron chi connectivity index (χ4n) is 1.50. The number of anilines is 1. The summed E-state index contributed by atoms with van der Waals surface area (Å²) >= 11 is 5.78. The van der Waals surface area contributed by atoms with Crippen LogP contribution in [0.3, 0.4) is 0 Å². The number of benzene rings is 1. The van der Waals surface area contributed by atoms with Gasteiger partial charge in [0.1, 0.15) is 5.82 Å². The number of halogens is 4. The quantitative estimate of drug-likeness (QED) is 0.906. The van der Waals surface area contributed by atoms with Crippen molar-refractivity contribution in [2.75, 3.05) is 5.32 Å². The molecule has 0 saturated heterocycles. The van der Waals surface area contributed by atoms with Crippen LogP contribution in [0, 0.1) is 0 Å². The maximum absolute atomic E-state index is 12.4. The molecule has 100 valence electrons. The van der Waals surface area contributed by atoms with Gasteiger partial charge in [0.05, 0.1) is 10.6 Å². The molecule has 1 heterocycles. The van der Waals surface area contributed by atoms with E-state index < -0.39 is 11.7 Å². The first-order valence-electron chi connectivity index (χ1n) is 5.47. The number of rotatable bonds is 3. The second kappa shape index (κ2) is 5.48. The van der Waals surface area contributed by atoms with E-state index in [1.807, 2.05) is 30.3 Å². The predicted octanol–water partition coefficient (Wildman–Crippen LogP) is 4.37. The van der Waals surface area contributed by atoms with Crippen LogP contribution < -0.4 is 5.32 Å². The zero-order valence-electron chi connectivity index (χ0n) is 9.71. The number of alkyl halides is 3. The molecule has 0 unspecified atom stereocenters. The topological polar surface area (TPSA) is 24.9 Å². The molecule has 6 heteroatoms. The molecule has 0 fully saturated rings. The molecule has 2 rings (SSSR count). The standard InChI is InChI=1S/C13H10ClF3N2/c14-11-6-10(13(15,16)17)8-19-12(11)18-7-9-4-2-1-3-5-9/h1-6,8H,7H2,(H,18,19). The molecule has 0 atom stereocenters. The zero-order valence-corrected chi connectivity index (χ0v) is 10.5. The number of nitrogens with one attached hydrogen (secondary N) is 1. The van der Waals surface area contributed by atoms with Crippen LogP contribution in [0.25, 0.3) is 0 Å². The molecule has 2 aromatic rings. The Morgan fingerprint density at radius 3 is 2.42 bits per heavy atom. The normalized spacial score (nSPS) is 11.4. The molecule has 0 bridgehead atoms. The molecule has 0 aliphatic heterocycles. The van der Waals surface area contributed by atoms with Gasteiger partial charge in [-0.2, -0.15) is 13.2 Å². The van der Waals surface area contributed by atoms with Crippen LogP contribution in [0.4, 0.5) is 19.0 Å². The van der Waals surface area contributed by atoms with E-state index in [4.69, 9.17) is 11.6 Å². The maximum Gasteiger partial charge on any atom is 0.417 e. The minimum atomic E-state index is -4.44. The van der Waals surface area contributed by atoms with Crippen LogP contribution in [0.2, 0.25) is 5.02 Å². The van der Waals surface area contributed by atoms with E-state index in [0.29, 0.717) is 6.54 Å². The van der Waals surface area contributed by atoms with Gasteiger partial charge in [-0.25, -0.2) is 4.98 Å². The van der Waals surface area contributed by atoms with E-state index in [1.165, 1.54) is 0 Å². The summed E-state index contributed by atoms with van der Waals surface area (Å²) in [6.07, 6.45) is -3.67. The third-order valence-corrected chi connectivity index (χ3v) is 2.76. The maximum atomic E-state index is 12.4. The molecule has 0 aliphatic carbocycles. The summed E-state index contributed by atoms with van der Waals surface area (Å²) in [4.78, 5) is 3.70. The summed E-state index contributed by atoms with van der Waals surface area (Å²) in [5.74, 6) is 0.235. The van der Waals surface area contributed by atoms with Gasteiger partial charge in [-0.15, -0.1) is 0 Å². The fraction of sp³-hybridized carbons (Fsp3) is 0.154. The molecule has 1 aromatic heterocycles. The molecule has 0 aliphatic rings. The lowest BCUT2D eigenvalue weighted by Gasteiger charge is -2.10. The van der Waals surface area contributed by atoms with Crippen LogP contribution in [-0.4, -0.2) is 4.98 Å². The van der Waals surface area contributed by atoms with Gasteiger partial charge in [-0.05, 0) is 11.6 Å². The van der Waals surface area contributed by atoms with Crippen LogP contribution in [0.5, 0.6) is 0 Å². The lowest BCUT2D eigenvalue weighted by Crippen LogP contribution is -2.08. The number of aromatic nitrogens is 1. The van der Waals surface area contributed by atoms with Gasteiger partial charge in [0.15, 0.2) is 0 Å². The summed E-state index contributed by atoms with van der Waals surface area (Å²) in [5.41, 5.74) is 0.128. The van der Waals surface area contributed by atoms with Crippen molar-refractivity contribution in [2.24, 2.45) is 0 Å². The highest BCUT2D eigenvalue weighted by Gasteiger charge is 2.31. The lowest BCUT2D eigenvalue weighted by molar-refractivity contribution is -0.137. The Morgan fingerprint density at radius 2 is 1.84 bits per heavy atom. The first-order valence-corrected chi connectivity index (χ1v) is 5.85. The van der Waals surface area contributed by atoms with Crippen molar-refractivity contribution in [3.8, 4) is 0 Å². The van der Waals surface area contributed by atoms with E-state index in [1.54, 1.807) is 0 Å². The van der Waals surface area contributed by atoms with Crippen LogP contribution in [0.1, 0.15) is 11.1 Å². The molecular weight excluding hydrogens is 277 g/mol. The van der Waals surface area contributed by atoms with Crippen molar-refractivity contribution in [3.63, 3.8) is 0 Å². The third-order valence-electron chi connectivity index (χ3n) is 2.47. The SMILES string of the molecule is FC(F)(F)c1cnc(NCc2ccccc2)c(Cl)c1. The van der Waals surface area contributed by atoms with E-state index in [2.05, 4.69) is 10.3 Å². The van der Waals surface area contributed by atoms with Gasteiger partial charge >= 0.3 is 6.18 Å². The Labute approximate surface area is 113 Å². The van der Waals surface area contributed by atoms with Gasteiger partial charge in [0.25, 0.3) is 0 Å². The van der Waals surface area contributed by atoms with E-state index in [-0.39, 0.29) is 10.8 Å². The second-order valence-corrected chi connectivity index (χ2v) is 4.30. The van der Waals surface area contributed by atoms with Crippen LogP contribution in [0.15, 0.2) is 42.6 Å². The van der Waals surface area contributed by atoms with E-state index >= 15 is 0 Å². The minimum Gasteiger partial charge on any atom is -0.365 e. The molecule has 1 aromatic carbocycles. The Bertz CT molecular complexity index is 556. The minimum absolute atomic E-state index is 0.0502. The fourth-order valence-corrected chi connectivity index (χ4v) is 1.74. The molecule has 0 saturated carbocycles. The summed E-state index contributed by atoms with van der Waals surface area (Å²) in [7, 11) is 0. The number of pyridine rings is 1. The van der Waals surface area contributed by atoms with E-state index in [9.17, 15) is 13.2 Å².